The number of halogens is 1. The third-order valence-corrected chi connectivity index (χ3v) is 3.78. The van der Waals surface area contributed by atoms with E-state index in [2.05, 4.69) is 20.6 Å². The molecule has 0 radical (unpaired) electrons. The summed E-state index contributed by atoms with van der Waals surface area (Å²) < 4.78 is 13.1. The van der Waals surface area contributed by atoms with Gasteiger partial charge in [0.15, 0.2) is 5.82 Å². The van der Waals surface area contributed by atoms with E-state index in [1.54, 1.807) is 18.2 Å². The zero-order valence-corrected chi connectivity index (χ0v) is 15.2. The summed E-state index contributed by atoms with van der Waals surface area (Å²) in [5.74, 6) is 0.663. The lowest BCUT2D eigenvalue weighted by Crippen LogP contribution is -2.28. The van der Waals surface area contributed by atoms with Crippen LogP contribution in [0.1, 0.15) is 24.3 Å². The van der Waals surface area contributed by atoms with Crippen molar-refractivity contribution in [3.8, 4) is 11.4 Å². The van der Waals surface area contributed by atoms with Crippen LogP contribution in [0.5, 0.6) is 0 Å². The summed E-state index contributed by atoms with van der Waals surface area (Å²) in [6.45, 7) is 4.61. The number of carbonyl (C=O) groups is 1. The Balaban J connectivity index is 1.95. The number of amides is 1. The number of rotatable bonds is 6. The van der Waals surface area contributed by atoms with Crippen LogP contribution in [0.4, 0.5) is 15.9 Å². The molecule has 27 heavy (non-hydrogen) atoms. The Labute approximate surface area is 157 Å². The predicted molar refractivity (Wildman–Crippen MR) is 104 cm³/mol. The van der Waals surface area contributed by atoms with Crippen molar-refractivity contribution < 1.29 is 9.18 Å². The van der Waals surface area contributed by atoms with Crippen molar-refractivity contribution in [2.75, 3.05) is 11.9 Å². The van der Waals surface area contributed by atoms with Gasteiger partial charge in [0.1, 0.15) is 17.3 Å². The number of anilines is 2. The van der Waals surface area contributed by atoms with E-state index in [-0.39, 0.29) is 17.4 Å². The van der Waals surface area contributed by atoms with Crippen LogP contribution in [0.3, 0.4) is 0 Å². The fourth-order valence-corrected chi connectivity index (χ4v) is 2.41. The molecule has 0 fully saturated rings. The predicted octanol–water partition coefficient (Wildman–Crippen LogP) is 4.41. The van der Waals surface area contributed by atoms with E-state index in [0.29, 0.717) is 29.8 Å². The number of benzene rings is 2. The monoisotopic (exact) mass is 364 g/mol. The standard InChI is InChI=1S/C21H21FN4O/c1-14(2)13-23-21(27)18-12-19(24-17-10-8-16(22)9-11-17)26-20(25-18)15-6-4-3-5-7-15/h3-12,14H,13H2,1-2H3,(H,23,27)(H,24,25,26). The first-order chi connectivity index (χ1) is 13.0. The first kappa shape index (κ1) is 18.5. The molecule has 6 heteroatoms. The summed E-state index contributed by atoms with van der Waals surface area (Å²) in [6.07, 6.45) is 0. The maximum atomic E-state index is 13.1. The molecule has 0 saturated heterocycles. The summed E-state index contributed by atoms with van der Waals surface area (Å²) in [7, 11) is 0. The van der Waals surface area contributed by atoms with E-state index < -0.39 is 0 Å². The van der Waals surface area contributed by atoms with Crippen molar-refractivity contribution in [2.45, 2.75) is 13.8 Å². The van der Waals surface area contributed by atoms with Gasteiger partial charge in [0.05, 0.1) is 0 Å². The van der Waals surface area contributed by atoms with Crippen LogP contribution < -0.4 is 10.6 Å². The number of hydrogen-bond acceptors (Lipinski definition) is 4. The molecule has 0 spiro atoms. The zero-order valence-electron chi connectivity index (χ0n) is 15.2. The van der Waals surface area contributed by atoms with E-state index in [0.717, 1.165) is 5.56 Å². The van der Waals surface area contributed by atoms with Gasteiger partial charge in [-0.3, -0.25) is 4.79 Å². The normalized spacial score (nSPS) is 10.7. The third-order valence-electron chi connectivity index (χ3n) is 3.78. The molecule has 0 bridgehead atoms. The van der Waals surface area contributed by atoms with Gasteiger partial charge in [-0.15, -0.1) is 0 Å². The van der Waals surface area contributed by atoms with Crippen molar-refractivity contribution in [1.82, 2.24) is 15.3 Å². The van der Waals surface area contributed by atoms with Gasteiger partial charge in [-0.2, -0.15) is 0 Å². The van der Waals surface area contributed by atoms with Crippen LogP contribution in [-0.2, 0) is 0 Å². The summed E-state index contributed by atoms with van der Waals surface area (Å²) in [5, 5.41) is 5.97. The highest BCUT2D eigenvalue weighted by Crippen LogP contribution is 2.21. The van der Waals surface area contributed by atoms with Crippen molar-refractivity contribution >= 4 is 17.4 Å². The Kier molecular flexibility index (Phi) is 5.76. The SMILES string of the molecule is CC(C)CNC(=O)c1cc(Nc2ccc(F)cc2)nc(-c2ccccc2)n1. The van der Waals surface area contributed by atoms with Gasteiger partial charge in [0, 0.05) is 23.9 Å². The number of nitrogens with one attached hydrogen (secondary N) is 2. The van der Waals surface area contributed by atoms with Gasteiger partial charge in [0.25, 0.3) is 5.91 Å². The molecular weight excluding hydrogens is 343 g/mol. The molecule has 0 aliphatic rings. The summed E-state index contributed by atoms with van der Waals surface area (Å²) in [6, 6.07) is 17.0. The lowest BCUT2D eigenvalue weighted by atomic mass is 10.2. The average Bonchev–Trinajstić information content (AvgIpc) is 2.68. The molecule has 0 aliphatic heterocycles. The maximum Gasteiger partial charge on any atom is 0.270 e. The molecule has 2 N–H and O–H groups in total. The molecule has 5 nitrogen and oxygen atoms in total. The Morgan fingerprint density at radius 1 is 1.04 bits per heavy atom. The molecule has 0 unspecified atom stereocenters. The highest BCUT2D eigenvalue weighted by atomic mass is 19.1. The van der Waals surface area contributed by atoms with Crippen LogP contribution >= 0.6 is 0 Å². The molecule has 1 heterocycles. The first-order valence-corrected chi connectivity index (χ1v) is 8.76. The molecule has 3 aromatic rings. The Morgan fingerprint density at radius 3 is 2.41 bits per heavy atom. The van der Waals surface area contributed by atoms with E-state index in [4.69, 9.17) is 0 Å². The summed E-state index contributed by atoms with van der Waals surface area (Å²) >= 11 is 0. The number of carbonyl (C=O) groups excluding carboxylic acids is 1. The van der Waals surface area contributed by atoms with E-state index in [1.807, 2.05) is 44.2 Å². The summed E-state index contributed by atoms with van der Waals surface area (Å²) in [5.41, 5.74) is 1.75. The Bertz CT molecular complexity index is 911. The van der Waals surface area contributed by atoms with Crippen molar-refractivity contribution in [2.24, 2.45) is 5.92 Å². The van der Waals surface area contributed by atoms with Crippen molar-refractivity contribution in [3.05, 3.63) is 72.2 Å². The van der Waals surface area contributed by atoms with Gasteiger partial charge in [-0.05, 0) is 30.2 Å². The minimum Gasteiger partial charge on any atom is -0.350 e. The van der Waals surface area contributed by atoms with Crippen LogP contribution in [0.25, 0.3) is 11.4 Å². The van der Waals surface area contributed by atoms with E-state index >= 15 is 0 Å². The van der Waals surface area contributed by atoms with Gasteiger partial charge in [0.2, 0.25) is 0 Å². The second-order valence-electron chi connectivity index (χ2n) is 6.56. The smallest absolute Gasteiger partial charge is 0.270 e. The summed E-state index contributed by atoms with van der Waals surface area (Å²) in [4.78, 5) is 21.4. The molecule has 3 rings (SSSR count). The van der Waals surface area contributed by atoms with E-state index in [1.165, 1.54) is 12.1 Å². The highest BCUT2D eigenvalue weighted by Gasteiger charge is 2.13. The fraction of sp³-hybridized carbons (Fsp3) is 0.190. The molecule has 0 aliphatic carbocycles. The lowest BCUT2D eigenvalue weighted by Gasteiger charge is -2.11. The average molecular weight is 364 g/mol. The third kappa shape index (κ3) is 5.10. The molecule has 0 atom stereocenters. The van der Waals surface area contributed by atoms with Crippen LogP contribution in [-0.4, -0.2) is 22.4 Å². The molecule has 0 saturated carbocycles. The van der Waals surface area contributed by atoms with E-state index in [9.17, 15) is 9.18 Å². The minimum atomic E-state index is -0.318. The molecule has 1 amide bonds. The quantitative estimate of drug-likeness (QED) is 0.680. The van der Waals surface area contributed by atoms with Crippen LogP contribution in [0.15, 0.2) is 60.7 Å². The topological polar surface area (TPSA) is 66.9 Å². The minimum absolute atomic E-state index is 0.259. The van der Waals surface area contributed by atoms with Crippen LogP contribution in [0, 0.1) is 11.7 Å². The lowest BCUT2D eigenvalue weighted by molar-refractivity contribution is 0.0944. The zero-order chi connectivity index (χ0) is 19.2. The largest absolute Gasteiger partial charge is 0.350 e. The van der Waals surface area contributed by atoms with Gasteiger partial charge >= 0.3 is 0 Å². The molecule has 2 aromatic carbocycles. The van der Waals surface area contributed by atoms with Gasteiger partial charge < -0.3 is 10.6 Å². The number of nitrogens with zero attached hydrogens (tertiary/aromatic N) is 2. The van der Waals surface area contributed by atoms with Crippen LogP contribution in [0.2, 0.25) is 0 Å². The first-order valence-electron chi connectivity index (χ1n) is 8.76. The second-order valence-corrected chi connectivity index (χ2v) is 6.56. The Morgan fingerprint density at radius 2 is 1.74 bits per heavy atom. The second kappa shape index (κ2) is 8.40. The van der Waals surface area contributed by atoms with Gasteiger partial charge in [-0.1, -0.05) is 44.2 Å². The maximum absolute atomic E-state index is 13.1. The molecular formula is C21H21FN4O. The molecule has 1 aromatic heterocycles. The van der Waals surface area contributed by atoms with Gasteiger partial charge in [-0.25, -0.2) is 14.4 Å². The van der Waals surface area contributed by atoms with Crippen molar-refractivity contribution in [3.63, 3.8) is 0 Å². The van der Waals surface area contributed by atoms with Crippen molar-refractivity contribution in [1.29, 1.82) is 0 Å². The fourth-order valence-electron chi connectivity index (χ4n) is 2.41. The highest BCUT2D eigenvalue weighted by molar-refractivity contribution is 5.93. The molecule has 138 valence electrons. The Hall–Kier alpha value is -3.28. The number of hydrogen-bond donors (Lipinski definition) is 2. The number of aromatic nitrogens is 2.